The molecular formula is C16H22N4O2. The van der Waals surface area contributed by atoms with Crippen LogP contribution >= 0.6 is 0 Å². The van der Waals surface area contributed by atoms with Gasteiger partial charge in [0.15, 0.2) is 0 Å². The molecule has 1 heterocycles. The summed E-state index contributed by atoms with van der Waals surface area (Å²) in [4.78, 5) is 8.54. The fourth-order valence-electron chi connectivity index (χ4n) is 1.80. The molecule has 0 bridgehead atoms. The van der Waals surface area contributed by atoms with Gasteiger partial charge in [0.05, 0.1) is 13.7 Å². The zero-order valence-electron chi connectivity index (χ0n) is 13.2. The van der Waals surface area contributed by atoms with Crippen molar-refractivity contribution in [2.45, 2.75) is 19.9 Å². The van der Waals surface area contributed by atoms with Gasteiger partial charge in [-0.15, -0.1) is 0 Å². The molecule has 2 aromatic rings. The van der Waals surface area contributed by atoms with Crippen molar-refractivity contribution in [3.8, 4) is 11.5 Å². The molecule has 2 rings (SSSR count). The highest BCUT2D eigenvalue weighted by atomic mass is 16.5. The molecule has 6 heteroatoms. The van der Waals surface area contributed by atoms with Crippen molar-refractivity contribution in [3.63, 3.8) is 0 Å². The maximum atomic E-state index is 5.64. The molecule has 0 fully saturated rings. The minimum absolute atomic E-state index is 0.300. The molecule has 0 atom stereocenters. The Kier molecular flexibility index (Phi) is 5.82. The number of aromatic nitrogens is 2. The van der Waals surface area contributed by atoms with Crippen LogP contribution in [-0.4, -0.2) is 36.3 Å². The first-order chi connectivity index (χ1) is 10.7. The van der Waals surface area contributed by atoms with Crippen molar-refractivity contribution < 1.29 is 9.47 Å². The quantitative estimate of drug-likeness (QED) is 0.731. The summed E-state index contributed by atoms with van der Waals surface area (Å²) in [5.41, 5.74) is 0. The molecule has 0 aliphatic rings. The number of nitrogens with one attached hydrogen (secondary N) is 2. The van der Waals surface area contributed by atoms with Crippen LogP contribution in [0, 0.1) is 0 Å². The van der Waals surface area contributed by atoms with Crippen molar-refractivity contribution >= 4 is 11.8 Å². The van der Waals surface area contributed by atoms with Crippen LogP contribution < -0.4 is 20.1 Å². The minimum Gasteiger partial charge on any atom is -0.497 e. The van der Waals surface area contributed by atoms with Crippen molar-refractivity contribution in [1.29, 1.82) is 0 Å². The molecule has 0 aliphatic heterocycles. The first-order valence-corrected chi connectivity index (χ1v) is 7.27. The second-order valence-electron chi connectivity index (χ2n) is 5.02. The summed E-state index contributed by atoms with van der Waals surface area (Å²) in [6, 6.07) is 9.64. The van der Waals surface area contributed by atoms with E-state index in [1.165, 1.54) is 0 Å². The number of anilines is 2. The largest absolute Gasteiger partial charge is 0.497 e. The van der Waals surface area contributed by atoms with Gasteiger partial charge in [-0.25, -0.2) is 4.98 Å². The summed E-state index contributed by atoms with van der Waals surface area (Å²) in [6.45, 7) is 5.30. The van der Waals surface area contributed by atoms with E-state index < -0.39 is 0 Å². The summed E-state index contributed by atoms with van der Waals surface area (Å²) < 4.78 is 10.7. The molecular weight excluding hydrogens is 280 g/mol. The van der Waals surface area contributed by atoms with Gasteiger partial charge in [-0.2, -0.15) is 4.98 Å². The standard InChI is InChI=1S/C16H22N4O2/c1-12(2)19-16-18-9-8-15(20-16)17-10-11-22-14-6-4-13(21-3)5-7-14/h4-9,12H,10-11H2,1-3H3,(H2,17,18,19,20). The monoisotopic (exact) mass is 302 g/mol. The fraction of sp³-hybridized carbons (Fsp3) is 0.375. The van der Waals surface area contributed by atoms with Crippen LogP contribution in [0.2, 0.25) is 0 Å². The second-order valence-corrected chi connectivity index (χ2v) is 5.02. The number of ether oxygens (including phenoxy) is 2. The van der Waals surface area contributed by atoms with Crippen LogP contribution in [0.4, 0.5) is 11.8 Å². The summed E-state index contributed by atoms with van der Waals surface area (Å²) in [6.07, 6.45) is 1.73. The highest BCUT2D eigenvalue weighted by Crippen LogP contribution is 2.16. The molecule has 0 saturated heterocycles. The number of rotatable bonds is 8. The smallest absolute Gasteiger partial charge is 0.224 e. The number of hydrogen-bond acceptors (Lipinski definition) is 6. The van der Waals surface area contributed by atoms with Crippen LogP contribution in [0.3, 0.4) is 0 Å². The maximum Gasteiger partial charge on any atom is 0.224 e. The lowest BCUT2D eigenvalue weighted by Crippen LogP contribution is -2.15. The van der Waals surface area contributed by atoms with E-state index in [9.17, 15) is 0 Å². The molecule has 0 spiro atoms. The molecule has 0 unspecified atom stereocenters. The predicted octanol–water partition coefficient (Wildman–Crippen LogP) is 2.80. The van der Waals surface area contributed by atoms with E-state index in [4.69, 9.17) is 9.47 Å². The van der Waals surface area contributed by atoms with Crippen LogP contribution in [0.5, 0.6) is 11.5 Å². The second kappa shape index (κ2) is 8.07. The highest BCUT2D eigenvalue weighted by Gasteiger charge is 2.00. The number of benzene rings is 1. The summed E-state index contributed by atoms with van der Waals surface area (Å²) in [7, 11) is 1.64. The lowest BCUT2D eigenvalue weighted by atomic mass is 10.3. The highest BCUT2D eigenvalue weighted by molar-refractivity contribution is 5.39. The van der Waals surface area contributed by atoms with Crippen LogP contribution in [0.15, 0.2) is 36.5 Å². The van der Waals surface area contributed by atoms with E-state index >= 15 is 0 Å². The first kappa shape index (κ1) is 15.9. The molecule has 6 nitrogen and oxygen atoms in total. The van der Waals surface area contributed by atoms with E-state index in [2.05, 4.69) is 20.6 Å². The molecule has 1 aromatic heterocycles. The first-order valence-electron chi connectivity index (χ1n) is 7.27. The zero-order chi connectivity index (χ0) is 15.8. The Hall–Kier alpha value is -2.50. The Morgan fingerprint density at radius 3 is 2.50 bits per heavy atom. The third-order valence-electron chi connectivity index (χ3n) is 2.81. The van der Waals surface area contributed by atoms with Crippen LogP contribution in [-0.2, 0) is 0 Å². The SMILES string of the molecule is COc1ccc(OCCNc2ccnc(NC(C)C)n2)cc1. The summed E-state index contributed by atoms with van der Waals surface area (Å²) in [5.74, 6) is 3.02. The summed E-state index contributed by atoms with van der Waals surface area (Å²) in [5, 5.41) is 6.38. The van der Waals surface area contributed by atoms with Gasteiger partial charge in [0.2, 0.25) is 5.95 Å². The Labute approximate surface area is 130 Å². The molecule has 2 N–H and O–H groups in total. The summed E-state index contributed by atoms with van der Waals surface area (Å²) >= 11 is 0. The number of hydrogen-bond donors (Lipinski definition) is 2. The average Bonchev–Trinajstić information content (AvgIpc) is 2.52. The molecule has 0 radical (unpaired) electrons. The minimum atomic E-state index is 0.300. The lowest BCUT2D eigenvalue weighted by molar-refractivity contribution is 0.331. The van der Waals surface area contributed by atoms with Gasteiger partial charge in [-0.05, 0) is 44.2 Å². The Morgan fingerprint density at radius 2 is 1.82 bits per heavy atom. The Morgan fingerprint density at radius 1 is 1.09 bits per heavy atom. The van der Waals surface area contributed by atoms with Crippen molar-refractivity contribution in [1.82, 2.24) is 9.97 Å². The van der Waals surface area contributed by atoms with E-state index in [0.29, 0.717) is 25.1 Å². The predicted molar refractivity (Wildman–Crippen MR) is 87.8 cm³/mol. The van der Waals surface area contributed by atoms with Gasteiger partial charge in [0, 0.05) is 12.2 Å². The van der Waals surface area contributed by atoms with Crippen molar-refractivity contribution in [2.24, 2.45) is 0 Å². The van der Waals surface area contributed by atoms with Gasteiger partial charge in [0.1, 0.15) is 23.9 Å². The van der Waals surface area contributed by atoms with E-state index in [0.717, 1.165) is 17.3 Å². The van der Waals surface area contributed by atoms with Crippen LogP contribution in [0.1, 0.15) is 13.8 Å². The van der Waals surface area contributed by atoms with E-state index in [1.54, 1.807) is 13.3 Å². The molecule has 0 aliphatic carbocycles. The van der Waals surface area contributed by atoms with Gasteiger partial charge in [-0.1, -0.05) is 0 Å². The third-order valence-corrected chi connectivity index (χ3v) is 2.81. The van der Waals surface area contributed by atoms with Gasteiger partial charge in [-0.3, -0.25) is 0 Å². The molecule has 118 valence electrons. The fourth-order valence-corrected chi connectivity index (χ4v) is 1.80. The Bertz CT molecular complexity index is 573. The number of methoxy groups -OCH3 is 1. The molecule has 0 amide bonds. The van der Waals surface area contributed by atoms with Gasteiger partial charge in [0.25, 0.3) is 0 Å². The zero-order valence-corrected chi connectivity index (χ0v) is 13.2. The normalized spacial score (nSPS) is 10.4. The van der Waals surface area contributed by atoms with E-state index in [1.807, 2.05) is 44.2 Å². The lowest BCUT2D eigenvalue weighted by Gasteiger charge is -2.11. The average molecular weight is 302 g/mol. The topological polar surface area (TPSA) is 68.3 Å². The van der Waals surface area contributed by atoms with Crippen molar-refractivity contribution in [2.75, 3.05) is 30.9 Å². The third kappa shape index (κ3) is 5.12. The Balaban J connectivity index is 1.76. The van der Waals surface area contributed by atoms with Crippen molar-refractivity contribution in [3.05, 3.63) is 36.5 Å². The molecule has 22 heavy (non-hydrogen) atoms. The van der Waals surface area contributed by atoms with Crippen LogP contribution in [0.25, 0.3) is 0 Å². The number of nitrogens with zero attached hydrogens (tertiary/aromatic N) is 2. The molecule has 1 aromatic carbocycles. The van der Waals surface area contributed by atoms with E-state index in [-0.39, 0.29) is 0 Å². The van der Waals surface area contributed by atoms with Gasteiger partial charge >= 0.3 is 0 Å². The van der Waals surface area contributed by atoms with Gasteiger partial charge < -0.3 is 20.1 Å². The maximum absolute atomic E-state index is 5.64. The molecule has 0 saturated carbocycles.